The maximum Gasteiger partial charge on any atom is 0.144 e. The molecule has 0 atom stereocenters. The van der Waals surface area contributed by atoms with E-state index in [0.29, 0.717) is 11.7 Å². The van der Waals surface area contributed by atoms with E-state index in [1.807, 2.05) is 6.07 Å². The zero-order valence-electron chi connectivity index (χ0n) is 12.4. The lowest BCUT2D eigenvalue weighted by Gasteiger charge is -2.08. The van der Waals surface area contributed by atoms with Crippen LogP contribution in [0.1, 0.15) is 41.3 Å². The molecular weight excluding hydrogens is 280 g/mol. The second-order valence-corrected chi connectivity index (χ2v) is 6.65. The van der Waals surface area contributed by atoms with Crippen LogP contribution in [0.25, 0.3) is 0 Å². The zero-order chi connectivity index (χ0) is 14.8. The summed E-state index contributed by atoms with van der Waals surface area (Å²) in [7, 11) is 0. The molecule has 1 aliphatic carbocycles. The maximum absolute atomic E-state index is 5.51. The van der Waals surface area contributed by atoms with Crippen molar-refractivity contribution in [1.82, 2.24) is 9.97 Å². The number of benzene rings is 1. The molecule has 1 aromatic carbocycles. The van der Waals surface area contributed by atoms with E-state index in [4.69, 9.17) is 5.84 Å². The normalized spacial score (nSPS) is 14.2. The molecule has 0 radical (unpaired) electrons. The summed E-state index contributed by atoms with van der Waals surface area (Å²) in [4.78, 5) is 9.10. The van der Waals surface area contributed by atoms with Gasteiger partial charge in [-0.15, -0.1) is 11.8 Å². The van der Waals surface area contributed by atoms with Gasteiger partial charge in [-0.1, -0.05) is 29.3 Å². The van der Waals surface area contributed by atoms with Crippen LogP contribution in [0.4, 0.5) is 5.82 Å². The summed E-state index contributed by atoms with van der Waals surface area (Å²) in [6.45, 7) is 4.26. The number of hydrogen-bond donors (Lipinski definition) is 2. The number of nitrogen functional groups attached to an aromatic ring is 1. The first-order valence-electron chi connectivity index (χ1n) is 7.19. The zero-order valence-corrected chi connectivity index (χ0v) is 13.2. The molecule has 4 nitrogen and oxygen atoms in total. The lowest BCUT2D eigenvalue weighted by Crippen LogP contribution is -2.10. The highest BCUT2D eigenvalue weighted by atomic mass is 32.2. The molecule has 5 heteroatoms. The minimum Gasteiger partial charge on any atom is -0.308 e. The molecule has 1 heterocycles. The van der Waals surface area contributed by atoms with Crippen LogP contribution in [-0.4, -0.2) is 9.97 Å². The molecule has 2 aromatic rings. The maximum atomic E-state index is 5.51. The fourth-order valence-electron chi connectivity index (χ4n) is 2.42. The van der Waals surface area contributed by atoms with Crippen molar-refractivity contribution in [3.05, 3.63) is 46.8 Å². The highest BCUT2D eigenvalue weighted by Gasteiger charge is 2.27. The van der Waals surface area contributed by atoms with Crippen LogP contribution in [0.3, 0.4) is 0 Å². The van der Waals surface area contributed by atoms with E-state index >= 15 is 0 Å². The molecule has 0 saturated heterocycles. The van der Waals surface area contributed by atoms with Gasteiger partial charge < -0.3 is 5.43 Å². The average Bonchev–Trinajstić information content (AvgIpc) is 3.28. The molecule has 0 spiro atoms. The van der Waals surface area contributed by atoms with Crippen molar-refractivity contribution in [1.29, 1.82) is 0 Å². The van der Waals surface area contributed by atoms with E-state index in [-0.39, 0.29) is 0 Å². The van der Waals surface area contributed by atoms with Crippen LogP contribution in [0, 0.1) is 13.8 Å². The lowest BCUT2D eigenvalue weighted by molar-refractivity contribution is 0.878. The number of anilines is 1. The number of nitrogens with two attached hydrogens (primary N) is 1. The molecule has 1 aliphatic rings. The topological polar surface area (TPSA) is 63.8 Å². The molecule has 1 saturated carbocycles. The lowest BCUT2D eigenvalue weighted by atomic mass is 10.1. The van der Waals surface area contributed by atoms with Crippen molar-refractivity contribution in [3.8, 4) is 0 Å². The van der Waals surface area contributed by atoms with Gasteiger partial charge in [0.1, 0.15) is 16.7 Å². The van der Waals surface area contributed by atoms with Crippen LogP contribution in [0.5, 0.6) is 0 Å². The Hall–Kier alpha value is -1.59. The van der Waals surface area contributed by atoms with E-state index < -0.39 is 0 Å². The van der Waals surface area contributed by atoms with Crippen molar-refractivity contribution in [3.63, 3.8) is 0 Å². The first-order valence-corrected chi connectivity index (χ1v) is 8.18. The van der Waals surface area contributed by atoms with Crippen molar-refractivity contribution in [2.45, 2.75) is 43.4 Å². The van der Waals surface area contributed by atoms with Gasteiger partial charge in [0.25, 0.3) is 0 Å². The summed E-state index contributed by atoms with van der Waals surface area (Å²) in [5.74, 6) is 8.57. The number of aryl methyl sites for hydroxylation is 2. The number of nitrogens with one attached hydrogen (secondary N) is 1. The Morgan fingerprint density at radius 3 is 2.48 bits per heavy atom. The third kappa shape index (κ3) is 3.74. The second kappa shape index (κ2) is 6.03. The van der Waals surface area contributed by atoms with E-state index in [0.717, 1.165) is 16.6 Å². The highest BCUT2D eigenvalue weighted by Crippen LogP contribution is 2.39. The van der Waals surface area contributed by atoms with Crippen molar-refractivity contribution < 1.29 is 0 Å². The summed E-state index contributed by atoms with van der Waals surface area (Å²) in [5, 5.41) is 0.985. The Balaban J connectivity index is 1.76. The summed E-state index contributed by atoms with van der Waals surface area (Å²) in [5.41, 5.74) is 6.57. The van der Waals surface area contributed by atoms with Crippen molar-refractivity contribution in [2.24, 2.45) is 5.84 Å². The van der Waals surface area contributed by atoms with Gasteiger partial charge in [-0.25, -0.2) is 15.8 Å². The predicted molar refractivity (Wildman–Crippen MR) is 87.3 cm³/mol. The van der Waals surface area contributed by atoms with Gasteiger partial charge in [0.15, 0.2) is 0 Å². The molecular formula is C16H20N4S. The molecule has 110 valence electrons. The third-order valence-electron chi connectivity index (χ3n) is 3.48. The number of hydrogen-bond acceptors (Lipinski definition) is 5. The van der Waals surface area contributed by atoms with Crippen molar-refractivity contribution >= 4 is 17.6 Å². The van der Waals surface area contributed by atoms with Crippen molar-refractivity contribution in [2.75, 3.05) is 5.43 Å². The molecule has 1 aromatic heterocycles. The Morgan fingerprint density at radius 1 is 1.14 bits per heavy atom. The Morgan fingerprint density at radius 2 is 1.86 bits per heavy atom. The first-order chi connectivity index (χ1) is 10.1. The fraction of sp³-hybridized carbons (Fsp3) is 0.375. The standard InChI is InChI=1S/C16H20N4S/c1-10-5-11(2)7-12(6-10)9-21-15-8-14(20-17)18-16(19-15)13-3-4-13/h5-8,13H,3-4,9,17H2,1-2H3,(H,18,19,20). The smallest absolute Gasteiger partial charge is 0.144 e. The van der Waals surface area contributed by atoms with Gasteiger partial charge >= 0.3 is 0 Å². The van der Waals surface area contributed by atoms with Crippen LogP contribution in [0.15, 0.2) is 29.3 Å². The minimum absolute atomic E-state index is 0.527. The van der Waals surface area contributed by atoms with Gasteiger partial charge in [0.2, 0.25) is 0 Å². The monoisotopic (exact) mass is 300 g/mol. The van der Waals surface area contributed by atoms with Crippen LogP contribution < -0.4 is 11.3 Å². The number of thioether (sulfide) groups is 1. The predicted octanol–water partition coefficient (Wildman–Crippen LogP) is 3.55. The third-order valence-corrected chi connectivity index (χ3v) is 4.46. The molecule has 3 rings (SSSR count). The molecule has 0 aliphatic heterocycles. The molecule has 21 heavy (non-hydrogen) atoms. The molecule has 0 amide bonds. The Bertz CT molecular complexity index is 632. The summed E-state index contributed by atoms with van der Waals surface area (Å²) < 4.78 is 0. The Labute approximate surface area is 129 Å². The van der Waals surface area contributed by atoms with Gasteiger partial charge in [-0.3, -0.25) is 0 Å². The molecule has 0 unspecified atom stereocenters. The van der Waals surface area contributed by atoms with Gasteiger partial charge in [0.05, 0.1) is 0 Å². The molecule has 1 fully saturated rings. The summed E-state index contributed by atoms with van der Waals surface area (Å²) in [6, 6.07) is 8.57. The van der Waals surface area contributed by atoms with E-state index in [1.165, 1.54) is 29.5 Å². The van der Waals surface area contributed by atoms with E-state index in [2.05, 4.69) is 47.4 Å². The number of aromatic nitrogens is 2. The van der Waals surface area contributed by atoms with Crippen LogP contribution in [-0.2, 0) is 5.75 Å². The summed E-state index contributed by atoms with van der Waals surface area (Å²) in [6.07, 6.45) is 2.38. The van der Waals surface area contributed by atoms with E-state index in [9.17, 15) is 0 Å². The van der Waals surface area contributed by atoms with Gasteiger partial charge in [-0.2, -0.15) is 0 Å². The quantitative estimate of drug-likeness (QED) is 0.383. The average molecular weight is 300 g/mol. The number of rotatable bonds is 5. The first kappa shape index (κ1) is 14.4. The number of nitrogens with zero attached hydrogens (tertiary/aromatic N) is 2. The largest absolute Gasteiger partial charge is 0.308 e. The van der Waals surface area contributed by atoms with Gasteiger partial charge in [-0.05, 0) is 32.3 Å². The highest BCUT2D eigenvalue weighted by molar-refractivity contribution is 7.98. The molecule has 3 N–H and O–H groups in total. The van der Waals surface area contributed by atoms with Crippen LogP contribution in [0.2, 0.25) is 0 Å². The SMILES string of the molecule is Cc1cc(C)cc(CSc2cc(NN)nc(C3CC3)n2)c1. The summed E-state index contributed by atoms with van der Waals surface area (Å²) >= 11 is 1.73. The van der Waals surface area contributed by atoms with E-state index in [1.54, 1.807) is 11.8 Å². The second-order valence-electron chi connectivity index (χ2n) is 5.65. The Kier molecular flexibility index (Phi) is 4.12. The fourth-order valence-corrected chi connectivity index (χ4v) is 3.26. The number of hydrazine groups is 1. The van der Waals surface area contributed by atoms with Gasteiger partial charge in [0, 0.05) is 17.7 Å². The molecule has 0 bridgehead atoms. The van der Waals surface area contributed by atoms with Crippen LogP contribution >= 0.6 is 11.8 Å². The minimum atomic E-state index is 0.527.